The lowest BCUT2D eigenvalue weighted by molar-refractivity contribution is 0.657. The standard InChI is InChI=1S/C11H17N3O/c1-7(2)11-13-9(5-10(15)14-11)6-12-8-3-4-8/h5,7-8,12H,3-4,6H2,1-2H3,(H,13,14,15). The fraction of sp³-hybridized carbons (Fsp3) is 0.636. The summed E-state index contributed by atoms with van der Waals surface area (Å²) in [6, 6.07) is 2.22. The van der Waals surface area contributed by atoms with Gasteiger partial charge in [-0.15, -0.1) is 0 Å². The normalized spacial score (nSPS) is 15.9. The Hall–Kier alpha value is -1.16. The van der Waals surface area contributed by atoms with Gasteiger partial charge in [0.25, 0.3) is 5.56 Å². The number of nitrogens with one attached hydrogen (secondary N) is 2. The van der Waals surface area contributed by atoms with E-state index in [-0.39, 0.29) is 11.5 Å². The zero-order valence-corrected chi connectivity index (χ0v) is 9.21. The summed E-state index contributed by atoms with van der Waals surface area (Å²) < 4.78 is 0. The third-order valence-electron chi connectivity index (χ3n) is 2.51. The van der Waals surface area contributed by atoms with E-state index in [0.29, 0.717) is 12.6 Å². The summed E-state index contributed by atoms with van der Waals surface area (Å²) in [6.45, 7) is 4.75. The molecule has 0 radical (unpaired) electrons. The second-order valence-corrected chi connectivity index (χ2v) is 4.43. The molecule has 4 nitrogen and oxygen atoms in total. The van der Waals surface area contributed by atoms with Crippen LogP contribution in [0.4, 0.5) is 0 Å². The summed E-state index contributed by atoms with van der Waals surface area (Å²) >= 11 is 0. The smallest absolute Gasteiger partial charge is 0.251 e. The molecule has 82 valence electrons. The van der Waals surface area contributed by atoms with E-state index in [1.807, 2.05) is 13.8 Å². The average Bonchev–Trinajstić information content (AvgIpc) is 2.97. The van der Waals surface area contributed by atoms with Gasteiger partial charge in [-0.2, -0.15) is 0 Å². The van der Waals surface area contributed by atoms with E-state index in [9.17, 15) is 4.79 Å². The van der Waals surface area contributed by atoms with Crippen LogP contribution in [0.3, 0.4) is 0 Å². The summed E-state index contributed by atoms with van der Waals surface area (Å²) in [4.78, 5) is 18.5. The molecule has 2 N–H and O–H groups in total. The van der Waals surface area contributed by atoms with Crippen LogP contribution < -0.4 is 10.9 Å². The van der Waals surface area contributed by atoms with Gasteiger partial charge in [-0.3, -0.25) is 4.79 Å². The molecule has 0 spiro atoms. The van der Waals surface area contributed by atoms with Crippen molar-refractivity contribution in [1.29, 1.82) is 0 Å². The first-order valence-corrected chi connectivity index (χ1v) is 5.48. The summed E-state index contributed by atoms with van der Waals surface area (Å²) in [5.74, 6) is 1.04. The molecule has 1 fully saturated rings. The fourth-order valence-electron chi connectivity index (χ4n) is 1.43. The van der Waals surface area contributed by atoms with E-state index >= 15 is 0 Å². The third kappa shape index (κ3) is 2.89. The molecule has 1 heterocycles. The molecule has 2 rings (SSSR count). The van der Waals surface area contributed by atoms with Gasteiger partial charge in [0, 0.05) is 24.6 Å². The second-order valence-electron chi connectivity index (χ2n) is 4.43. The number of hydrogen-bond donors (Lipinski definition) is 2. The predicted molar refractivity (Wildman–Crippen MR) is 58.8 cm³/mol. The van der Waals surface area contributed by atoms with Gasteiger partial charge < -0.3 is 10.3 Å². The minimum absolute atomic E-state index is 0.0544. The monoisotopic (exact) mass is 207 g/mol. The fourth-order valence-corrected chi connectivity index (χ4v) is 1.43. The van der Waals surface area contributed by atoms with Crippen LogP contribution in [0.1, 0.15) is 44.1 Å². The molecule has 1 aromatic heterocycles. The van der Waals surface area contributed by atoms with Crippen molar-refractivity contribution in [2.45, 2.75) is 45.2 Å². The molecule has 4 heteroatoms. The number of hydrogen-bond acceptors (Lipinski definition) is 3. The molecule has 1 aromatic rings. The Morgan fingerprint density at radius 1 is 1.60 bits per heavy atom. The van der Waals surface area contributed by atoms with Crippen LogP contribution in [0, 0.1) is 0 Å². The molecule has 0 aromatic carbocycles. The molecule has 0 atom stereocenters. The molecular formula is C11H17N3O. The first-order chi connectivity index (χ1) is 7.15. The van der Waals surface area contributed by atoms with Crippen molar-refractivity contribution < 1.29 is 0 Å². The molecule has 0 amide bonds. The van der Waals surface area contributed by atoms with Gasteiger partial charge in [0.1, 0.15) is 5.82 Å². The van der Waals surface area contributed by atoms with Crippen LogP contribution in [0.25, 0.3) is 0 Å². The molecule has 0 unspecified atom stereocenters. The van der Waals surface area contributed by atoms with E-state index in [1.165, 1.54) is 12.8 Å². The Morgan fingerprint density at radius 2 is 2.33 bits per heavy atom. The van der Waals surface area contributed by atoms with E-state index in [0.717, 1.165) is 11.5 Å². The lowest BCUT2D eigenvalue weighted by atomic mass is 10.2. The van der Waals surface area contributed by atoms with E-state index < -0.39 is 0 Å². The Labute approximate surface area is 89.1 Å². The first kappa shape index (κ1) is 10.4. The summed E-state index contributed by atoms with van der Waals surface area (Å²) in [7, 11) is 0. The maximum Gasteiger partial charge on any atom is 0.251 e. The van der Waals surface area contributed by atoms with Gasteiger partial charge in [-0.1, -0.05) is 13.8 Å². The first-order valence-electron chi connectivity index (χ1n) is 5.48. The highest BCUT2D eigenvalue weighted by Crippen LogP contribution is 2.19. The highest BCUT2D eigenvalue weighted by molar-refractivity contribution is 5.05. The average molecular weight is 207 g/mol. The lowest BCUT2D eigenvalue weighted by Crippen LogP contribution is -2.20. The molecule has 0 saturated heterocycles. The van der Waals surface area contributed by atoms with Crippen molar-refractivity contribution in [3.05, 3.63) is 27.9 Å². The zero-order chi connectivity index (χ0) is 10.8. The van der Waals surface area contributed by atoms with Crippen molar-refractivity contribution in [2.24, 2.45) is 0 Å². The van der Waals surface area contributed by atoms with Gasteiger partial charge in [0.2, 0.25) is 0 Å². The van der Waals surface area contributed by atoms with Crippen LogP contribution in [-0.4, -0.2) is 16.0 Å². The van der Waals surface area contributed by atoms with Gasteiger partial charge in [-0.25, -0.2) is 4.98 Å². The highest BCUT2D eigenvalue weighted by Gasteiger charge is 2.20. The van der Waals surface area contributed by atoms with Gasteiger partial charge in [0.15, 0.2) is 0 Å². The van der Waals surface area contributed by atoms with Crippen molar-refractivity contribution in [1.82, 2.24) is 15.3 Å². The number of nitrogens with zero attached hydrogens (tertiary/aromatic N) is 1. The highest BCUT2D eigenvalue weighted by atomic mass is 16.1. The van der Waals surface area contributed by atoms with Crippen molar-refractivity contribution in [2.75, 3.05) is 0 Å². The van der Waals surface area contributed by atoms with E-state index in [1.54, 1.807) is 6.07 Å². The van der Waals surface area contributed by atoms with Crippen molar-refractivity contribution in [3.8, 4) is 0 Å². The van der Waals surface area contributed by atoms with Crippen LogP contribution in [0.15, 0.2) is 10.9 Å². The molecule has 15 heavy (non-hydrogen) atoms. The predicted octanol–water partition coefficient (Wildman–Crippen LogP) is 1.15. The van der Waals surface area contributed by atoms with Gasteiger partial charge >= 0.3 is 0 Å². The second kappa shape index (κ2) is 4.14. The van der Waals surface area contributed by atoms with Crippen LogP contribution in [0.2, 0.25) is 0 Å². The Bertz CT molecular complexity index is 393. The topological polar surface area (TPSA) is 57.8 Å². The maximum absolute atomic E-state index is 11.4. The Morgan fingerprint density at radius 3 is 2.93 bits per heavy atom. The zero-order valence-electron chi connectivity index (χ0n) is 9.21. The number of aromatic amines is 1. The molecule has 0 bridgehead atoms. The summed E-state index contributed by atoms with van der Waals surface area (Å²) in [6.07, 6.45) is 2.50. The van der Waals surface area contributed by atoms with Crippen molar-refractivity contribution >= 4 is 0 Å². The molecular weight excluding hydrogens is 190 g/mol. The summed E-state index contributed by atoms with van der Waals surface area (Å²) in [5.41, 5.74) is 0.788. The maximum atomic E-state index is 11.4. The Balaban J connectivity index is 2.11. The minimum Gasteiger partial charge on any atom is -0.310 e. The minimum atomic E-state index is -0.0544. The SMILES string of the molecule is CC(C)c1nc(CNC2CC2)cc(=O)[nH]1. The molecule has 0 aliphatic heterocycles. The lowest BCUT2D eigenvalue weighted by Gasteiger charge is -2.07. The van der Waals surface area contributed by atoms with Crippen LogP contribution in [-0.2, 0) is 6.54 Å². The van der Waals surface area contributed by atoms with Crippen molar-refractivity contribution in [3.63, 3.8) is 0 Å². The number of aromatic nitrogens is 2. The van der Waals surface area contributed by atoms with Gasteiger partial charge in [-0.05, 0) is 12.8 Å². The largest absolute Gasteiger partial charge is 0.310 e. The third-order valence-corrected chi connectivity index (χ3v) is 2.51. The van der Waals surface area contributed by atoms with E-state index in [2.05, 4.69) is 15.3 Å². The molecule has 1 saturated carbocycles. The summed E-state index contributed by atoms with van der Waals surface area (Å²) in [5, 5.41) is 3.35. The number of H-pyrrole nitrogens is 1. The van der Waals surface area contributed by atoms with Gasteiger partial charge in [0.05, 0.1) is 5.69 Å². The van der Waals surface area contributed by atoms with E-state index in [4.69, 9.17) is 0 Å². The van der Waals surface area contributed by atoms with Crippen LogP contribution >= 0.6 is 0 Å². The molecule has 1 aliphatic rings. The number of rotatable bonds is 4. The molecule has 1 aliphatic carbocycles. The van der Waals surface area contributed by atoms with Crippen LogP contribution in [0.5, 0.6) is 0 Å². The quantitative estimate of drug-likeness (QED) is 0.778. The Kier molecular flexibility index (Phi) is 2.86.